The Morgan fingerprint density at radius 1 is 1.31 bits per heavy atom. The topological polar surface area (TPSA) is 79.8 Å². The monoisotopic (exact) mass is 567 g/mol. The molecule has 0 fully saturated rings. The van der Waals surface area contributed by atoms with Gasteiger partial charge in [-0.2, -0.15) is 13.2 Å². The summed E-state index contributed by atoms with van der Waals surface area (Å²) in [5, 5.41) is 8.55. The highest BCUT2D eigenvalue weighted by Gasteiger charge is 2.62. The Labute approximate surface area is 218 Å². The molecule has 0 spiro atoms. The fourth-order valence-electron chi connectivity index (χ4n) is 2.95. The van der Waals surface area contributed by atoms with Gasteiger partial charge in [0.25, 0.3) is 5.60 Å². The van der Waals surface area contributed by atoms with E-state index in [1.54, 1.807) is 20.0 Å². The molecule has 35 heavy (non-hydrogen) atoms. The number of nitrogens with one attached hydrogen (secondary N) is 2. The largest absolute Gasteiger partial charge is 0.435 e. The van der Waals surface area contributed by atoms with Crippen molar-refractivity contribution in [3.63, 3.8) is 0 Å². The zero-order chi connectivity index (χ0) is 26.4. The van der Waals surface area contributed by atoms with Gasteiger partial charge in [0, 0.05) is 5.56 Å². The van der Waals surface area contributed by atoms with Gasteiger partial charge in [-0.25, -0.2) is 0 Å². The maximum Gasteiger partial charge on any atom is 0.435 e. The number of oxime groups is 1. The molecule has 0 radical (unpaired) electrons. The number of amides is 1. The van der Waals surface area contributed by atoms with Crippen LogP contribution in [0.15, 0.2) is 23.4 Å². The first-order chi connectivity index (χ1) is 16.4. The first-order valence-corrected chi connectivity index (χ1v) is 11.7. The minimum absolute atomic E-state index is 0.0435. The molecule has 2 aromatic rings. The van der Waals surface area contributed by atoms with Gasteiger partial charge in [-0.3, -0.25) is 9.59 Å². The minimum Gasteiger partial charge on any atom is -0.374 e. The summed E-state index contributed by atoms with van der Waals surface area (Å²) in [7, 11) is 1.70. The predicted molar refractivity (Wildman–Crippen MR) is 132 cm³/mol. The minimum atomic E-state index is -4.79. The number of hydrogen-bond donors (Lipinski definition) is 2. The van der Waals surface area contributed by atoms with E-state index in [-0.39, 0.29) is 32.3 Å². The van der Waals surface area contributed by atoms with Crippen molar-refractivity contribution in [1.82, 2.24) is 10.6 Å². The van der Waals surface area contributed by atoms with E-state index in [4.69, 9.17) is 46.1 Å². The number of alkyl halides is 3. The van der Waals surface area contributed by atoms with Crippen molar-refractivity contribution >= 4 is 64.0 Å². The van der Waals surface area contributed by atoms with Crippen molar-refractivity contribution in [1.29, 1.82) is 0 Å². The Morgan fingerprint density at radius 2 is 1.94 bits per heavy atom. The number of aryl methyl sites for hydroxylation is 1. The van der Waals surface area contributed by atoms with Crippen LogP contribution in [0.5, 0.6) is 0 Å². The van der Waals surface area contributed by atoms with E-state index in [1.807, 2.05) is 0 Å². The number of likely N-dealkylation sites (N-methyl/N-ethyl adjacent to an activating group) is 1. The number of carbonyl (C=O) groups is 2. The number of benzene rings is 1. The van der Waals surface area contributed by atoms with E-state index in [2.05, 4.69) is 21.7 Å². The van der Waals surface area contributed by atoms with Crippen LogP contribution < -0.4 is 10.6 Å². The van der Waals surface area contributed by atoms with Crippen molar-refractivity contribution in [2.45, 2.75) is 25.1 Å². The Hall–Kier alpha value is -2.29. The Morgan fingerprint density at radius 3 is 2.43 bits per heavy atom. The Kier molecular flexibility index (Phi) is 10.0. The molecule has 3 rings (SSSR count). The smallest absolute Gasteiger partial charge is 0.374 e. The maximum atomic E-state index is 13.9. The fourth-order valence-corrected chi connectivity index (χ4v) is 4.52. The molecule has 1 atom stereocenters. The van der Waals surface area contributed by atoms with Gasteiger partial charge in [-0.1, -0.05) is 45.9 Å². The van der Waals surface area contributed by atoms with Crippen molar-refractivity contribution in [3.05, 3.63) is 54.1 Å². The number of hydrogen-bond acceptors (Lipinski definition) is 6. The number of halogens is 6. The Bertz CT molecular complexity index is 1160. The van der Waals surface area contributed by atoms with Crippen LogP contribution in [0.25, 0.3) is 0 Å². The van der Waals surface area contributed by atoms with E-state index < -0.39 is 18.2 Å². The fraction of sp³-hybridized carbons (Fsp3) is 0.318. The lowest BCUT2D eigenvalue weighted by molar-refractivity contribution is -0.275. The summed E-state index contributed by atoms with van der Waals surface area (Å²) >= 11 is 18.7. The summed E-state index contributed by atoms with van der Waals surface area (Å²) in [5.74, 6) is 2.22. The third kappa shape index (κ3) is 6.68. The lowest BCUT2D eigenvalue weighted by Gasteiger charge is -2.29. The van der Waals surface area contributed by atoms with Crippen LogP contribution >= 0.6 is 46.1 Å². The summed E-state index contributed by atoms with van der Waals surface area (Å²) in [5.41, 5.74) is -2.29. The van der Waals surface area contributed by atoms with Gasteiger partial charge in [0.1, 0.15) is 5.71 Å². The van der Waals surface area contributed by atoms with Gasteiger partial charge in [-0.05, 0) is 37.7 Å². The maximum absolute atomic E-state index is 13.9. The highest BCUT2D eigenvalue weighted by atomic mass is 35.5. The van der Waals surface area contributed by atoms with Gasteiger partial charge in [0.15, 0.2) is 6.29 Å². The van der Waals surface area contributed by atoms with E-state index in [0.29, 0.717) is 34.7 Å². The first-order valence-electron chi connectivity index (χ1n) is 9.77. The quantitative estimate of drug-likeness (QED) is 0.279. The van der Waals surface area contributed by atoms with Gasteiger partial charge >= 0.3 is 6.18 Å². The molecule has 188 valence electrons. The lowest BCUT2D eigenvalue weighted by atomic mass is 9.88. The van der Waals surface area contributed by atoms with E-state index in [9.17, 15) is 22.8 Å². The summed E-state index contributed by atoms with van der Waals surface area (Å²) in [6, 6.07) is 3.74. The van der Waals surface area contributed by atoms with Crippen molar-refractivity contribution in [2.24, 2.45) is 5.16 Å². The standard InChI is InChI=1S/C16H9Cl3F3NO2S.C6H10N2O/c1-7-2-12(26-13(7)6-24)11-5-15(25-23-11,16(20,21)22)8-3-9(17)14(19)10(18)4-8;1-3-4-8-6(9)5-7-2/h2-4,6H,5H2,1H3;1,7H,4-5H2,2H3,(H,8,9). The summed E-state index contributed by atoms with van der Waals surface area (Å²) in [6.07, 6.45) is 0.163. The van der Waals surface area contributed by atoms with E-state index in [1.165, 1.54) is 0 Å². The molecule has 1 aromatic carbocycles. The molecular weight excluding hydrogens is 550 g/mol. The SMILES string of the molecule is C#CCNC(=O)CNC.Cc1cc(C2=NOC(c3cc(Cl)c(Cl)c(Cl)c3)(C(F)(F)F)C2)sc1C=O. The Balaban J connectivity index is 0.000000410. The number of terminal acetylenes is 1. The third-order valence-corrected chi connectivity index (χ3v) is 7.12. The summed E-state index contributed by atoms with van der Waals surface area (Å²) in [4.78, 5) is 27.3. The molecule has 1 aliphatic rings. The number of aldehydes is 1. The molecule has 2 heterocycles. The summed E-state index contributed by atoms with van der Waals surface area (Å²) in [6.45, 7) is 2.32. The number of nitrogens with zero attached hydrogens (tertiary/aromatic N) is 1. The molecule has 1 aromatic heterocycles. The van der Waals surface area contributed by atoms with Crippen molar-refractivity contribution < 1.29 is 27.6 Å². The predicted octanol–water partition coefficient (Wildman–Crippen LogP) is 5.37. The van der Waals surface area contributed by atoms with Crippen LogP contribution in [0, 0.1) is 19.3 Å². The second-order valence-electron chi connectivity index (χ2n) is 7.17. The van der Waals surface area contributed by atoms with Gasteiger partial charge in [0.05, 0.1) is 44.3 Å². The highest BCUT2D eigenvalue weighted by Crippen LogP contribution is 2.51. The molecule has 0 aliphatic carbocycles. The van der Waals surface area contributed by atoms with Gasteiger partial charge in [0.2, 0.25) is 5.91 Å². The number of rotatable bonds is 6. The van der Waals surface area contributed by atoms with Crippen LogP contribution in [0.1, 0.15) is 32.1 Å². The third-order valence-electron chi connectivity index (χ3n) is 4.71. The van der Waals surface area contributed by atoms with E-state index in [0.717, 1.165) is 23.5 Å². The van der Waals surface area contributed by atoms with Crippen LogP contribution in [-0.4, -0.2) is 44.2 Å². The van der Waals surface area contributed by atoms with Crippen molar-refractivity contribution in [2.75, 3.05) is 20.1 Å². The molecule has 2 N–H and O–H groups in total. The van der Waals surface area contributed by atoms with Gasteiger partial charge < -0.3 is 15.5 Å². The molecule has 6 nitrogen and oxygen atoms in total. The van der Waals surface area contributed by atoms with E-state index >= 15 is 0 Å². The highest BCUT2D eigenvalue weighted by molar-refractivity contribution is 7.15. The zero-order valence-electron chi connectivity index (χ0n) is 18.4. The molecular formula is C22H19Cl3F3N3O3S. The molecule has 1 unspecified atom stereocenters. The van der Waals surface area contributed by atoms with Crippen LogP contribution in [0.4, 0.5) is 13.2 Å². The molecule has 0 bridgehead atoms. The van der Waals surface area contributed by atoms with Crippen LogP contribution in [0.3, 0.4) is 0 Å². The second-order valence-corrected chi connectivity index (χ2v) is 9.45. The molecule has 0 saturated heterocycles. The summed E-state index contributed by atoms with van der Waals surface area (Å²) < 4.78 is 41.8. The first kappa shape index (κ1) is 28.9. The van der Waals surface area contributed by atoms with Crippen LogP contribution in [0.2, 0.25) is 15.1 Å². The second kappa shape index (κ2) is 12.1. The normalized spacial score (nSPS) is 16.9. The number of carbonyl (C=O) groups excluding carboxylic acids is 2. The number of thiophene rings is 1. The average Bonchev–Trinajstić information content (AvgIpc) is 3.41. The molecule has 0 saturated carbocycles. The molecule has 1 amide bonds. The van der Waals surface area contributed by atoms with Gasteiger partial charge in [-0.15, -0.1) is 17.8 Å². The molecule has 1 aliphatic heterocycles. The zero-order valence-corrected chi connectivity index (χ0v) is 21.4. The average molecular weight is 569 g/mol. The van der Waals surface area contributed by atoms with Crippen molar-refractivity contribution in [3.8, 4) is 12.3 Å². The molecule has 13 heteroatoms. The lowest BCUT2D eigenvalue weighted by Crippen LogP contribution is -2.42. The van der Waals surface area contributed by atoms with Crippen LogP contribution in [-0.2, 0) is 15.2 Å².